The fourth-order valence-electron chi connectivity index (χ4n) is 7.34. The Hall–Kier alpha value is -3.12. The fraction of sp³-hybridized carbons (Fsp3) is 0.400. The van der Waals surface area contributed by atoms with E-state index < -0.39 is 0 Å². The van der Waals surface area contributed by atoms with Crippen LogP contribution in [0.1, 0.15) is 95.4 Å². The maximum absolute atomic E-state index is 4.77. The second kappa shape index (κ2) is 11.4. The quantitative estimate of drug-likeness (QED) is 0.313. The predicted octanol–water partition coefficient (Wildman–Crippen LogP) is 11.1. The highest BCUT2D eigenvalue weighted by molar-refractivity contribution is 5.74. The average molecular weight is 529 g/mol. The van der Waals surface area contributed by atoms with Crippen molar-refractivity contribution in [3.05, 3.63) is 136 Å². The van der Waals surface area contributed by atoms with E-state index in [1.807, 2.05) is 0 Å². The second-order valence-corrected chi connectivity index (χ2v) is 13.4. The van der Waals surface area contributed by atoms with Gasteiger partial charge in [0.25, 0.3) is 0 Å². The van der Waals surface area contributed by atoms with E-state index >= 15 is 0 Å². The summed E-state index contributed by atoms with van der Waals surface area (Å²) in [5.41, 5.74) is 14.3. The number of rotatable bonds is 7. The van der Waals surface area contributed by atoms with Gasteiger partial charge in [0.05, 0.1) is 0 Å². The van der Waals surface area contributed by atoms with Crippen molar-refractivity contribution in [1.29, 1.82) is 0 Å². The lowest BCUT2D eigenvalue weighted by atomic mass is 9.62. The van der Waals surface area contributed by atoms with E-state index in [1.165, 1.54) is 50.1 Å². The standard InChI is InChI=1S/C40H48/c1-9-12-26(3)37-27(4)21-35-24-34(28(5)38(35)39(37)31-18-15-29(10-2)16-19-31)23-30-17-20-33(22-30)32-13-11-14-36(25-32)40(6,7)8/h11,13-21,23,25,27,37-39H,3,5,9-10,12,22,24H2,1-2,4,6-8H3. The molecule has 0 radical (unpaired) electrons. The van der Waals surface area contributed by atoms with Crippen LogP contribution in [0.15, 0.2) is 114 Å². The Labute approximate surface area is 244 Å². The molecule has 40 heavy (non-hydrogen) atoms. The Morgan fingerprint density at radius 3 is 2.42 bits per heavy atom. The average Bonchev–Trinajstić information content (AvgIpc) is 3.52. The molecule has 0 saturated heterocycles. The van der Waals surface area contributed by atoms with E-state index in [-0.39, 0.29) is 5.41 Å². The summed E-state index contributed by atoms with van der Waals surface area (Å²) in [5, 5.41) is 0. The molecule has 3 aliphatic carbocycles. The van der Waals surface area contributed by atoms with Gasteiger partial charge in [-0.3, -0.25) is 0 Å². The van der Waals surface area contributed by atoms with Gasteiger partial charge in [-0.2, -0.15) is 0 Å². The maximum Gasteiger partial charge on any atom is 0.0123 e. The molecule has 0 aliphatic heterocycles. The van der Waals surface area contributed by atoms with Crippen molar-refractivity contribution in [2.24, 2.45) is 17.8 Å². The van der Waals surface area contributed by atoms with Gasteiger partial charge < -0.3 is 0 Å². The summed E-state index contributed by atoms with van der Waals surface area (Å²) >= 11 is 0. The molecule has 0 amide bonds. The molecular weight excluding hydrogens is 480 g/mol. The lowest BCUT2D eigenvalue weighted by Crippen LogP contribution is -2.31. The Balaban J connectivity index is 1.42. The normalized spacial score (nSPS) is 25.5. The van der Waals surface area contributed by atoms with Crippen LogP contribution in [0.25, 0.3) is 5.57 Å². The van der Waals surface area contributed by atoms with Crippen LogP contribution in [-0.2, 0) is 11.8 Å². The van der Waals surface area contributed by atoms with Crippen molar-refractivity contribution in [2.45, 2.75) is 85.0 Å². The maximum atomic E-state index is 4.77. The summed E-state index contributed by atoms with van der Waals surface area (Å²) in [5.74, 6) is 1.71. The van der Waals surface area contributed by atoms with E-state index in [2.05, 4.69) is 121 Å². The van der Waals surface area contributed by atoms with E-state index in [0.717, 1.165) is 32.1 Å². The Morgan fingerprint density at radius 1 is 1.00 bits per heavy atom. The topological polar surface area (TPSA) is 0 Å². The number of hydrogen-bond donors (Lipinski definition) is 0. The fourth-order valence-corrected chi connectivity index (χ4v) is 7.34. The zero-order valence-corrected chi connectivity index (χ0v) is 25.7. The summed E-state index contributed by atoms with van der Waals surface area (Å²) in [6.07, 6.45) is 15.0. The van der Waals surface area contributed by atoms with Crippen LogP contribution < -0.4 is 0 Å². The molecule has 0 spiro atoms. The summed E-state index contributed by atoms with van der Waals surface area (Å²) < 4.78 is 0. The lowest BCUT2D eigenvalue weighted by molar-refractivity contribution is 0.322. The Kier molecular flexibility index (Phi) is 8.10. The first-order valence-electron chi connectivity index (χ1n) is 15.5. The molecule has 3 aliphatic rings. The molecular formula is C40H48. The van der Waals surface area contributed by atoms with Gasteiger partial charge in [0.1, 0.15) is 0 Å². The van der Waals surface area contributed by atoms with Crippen LogP contribution >= 0.6 is 0 Å². The first-order valence-corrected chi connectivity index (χ1v) is 15.5. The van der Waals surface area contributed by atoms with E-state index in [9.17, 15) is 0 Å². The molecule has 1 fully saturated rings. The molecule has 0 bridgehead atoms. The van der Waals surface area contributed by atoms with Crippen LogP contribution in [0.3, 0.4) is 0 Å². The Bertz CT molecular complexity index is 1410. The molecule has 0 heteroatoms. The molecule has 5 rings (SSSR count). The molecule has 4 atom stereocenters. The monoisotopic (exact) mass is 528 g/mol. The first-order chi connectivity index (χ1) is 19.1. The van der Waals surface area contributed by atoms with Gasteiger partial charge in [0, 0.05) is 11.8 Å². The minimum absolute atomic E-state index is 0.157. The van der Waals surface area contributed by atoms with Crippen molar-refractivity contribution >= 4 is 5.57 Å². The number of hydrogen-bond acceptors (Lipinski definition) is 0. The van der Waals surface area contributed by atoms with Gasteiger partial charge in [-0.15, -0.1) is 0 Å². The smallest absolute Gasteiger partial charge is 0.0123 e. The van der Waals surface area contributed by atoms with E-state index in [1.54, 1.807) is 5.57 Å². The van der Waals surface area contributed by atoms with Crippen molar-refractivity contribution < 1.29 is 0 Å². The molecule has 2 aromatic carbocycles. The van der Waals surface area contributed by atoms with Gasteiger partial charge >= 0.3 is 0 Å². The van der Waals surface area contributed by atoms with Gasteiger partial charge in [-0.1, -0.05) is 145 Å². The van der Waals surface area contributed by atoms with Crippen LogP contribution in [-0.4, -0.2) is 0 Å². The lowest BCUT2D eigenvalue weighted by Gasteiger charge is -2.41. The Morgan fingerprint density at radius 2 is 1.75 bits per heavy atom. The van der Waals surface area contributed by atoms with E-state index in [0.29, 0.717) is 23.7 Å². The highest BCUT2D eigenvalue weighted by atomic mass is 14.5. The van der Waals surface area contributed by atoms with Crippen molar-refractivity contribution in [1.82, 2.24) is 0 Å². The van der Waals surface area contributed by atoms with Crippen LogP contribution in [0.2, 0.25) is 0 Å². The number of fused-ring (bicyclic) bond motifs is 1. The molecule has 0 heterocycles. The number of benzene rings is 2. The largest absolute Gasteiger partial charge is 0.0995 e. The predicted molar refractivity (Wildman–Crippen MR) is 174 cm³/mol. The molecule has 1 saturated carbocycles. The van der Waals surface area contributed by atoms with Gasteiger partial charge in [-0.25, -0.2) is 0 Å². The number of allylic oxidation sites excluding steroid dienone is 10. The van der Waals surface area contributed by atoms with Gasteiger partial charge in [-0.05, 0) is 87.5 Å². The first kappa shape index (κ1) is 28.4. The minimum Gasteiger partial charge on any atom is -0.0995 e. The molecule has 208 valence electrons. The third-order valence-electron chi connectivity index (χ3n) is 9.54. The second-order valence-electron chi connectivity index (χ2n) is 13.4. The zero-order valence-electron chi connectivity index (χ0n) is 25.7. The third-order valence-corrected chi connectivity index (χ3v) is 9.54. The highest BCUT2D eigenvalue weighted by Crippen LogP contribution is 2.57. The highest BCUT2D eigenvalue weighted by Gasteiger charge is 2.45. The third kappa shape index (κ3) is 5.56. The molecule has 0 N–H and O–H groups in total. The summed E-state index contributed by atoms with van der Waals surface area (Å²) in [7, 11) is 0. The van der Waals surface area contributed by atoms with Gasteiger partial charge in [0.15, 0.2) is 0 Å². The van der Waals surface area contributed by atoms with Crippen LogP contribution in [0.5, 0.6) is 0 Å². The molecule has 2 aromatic rings. The van der Waals surface area contributed by atoms with Crippen LogP contribution in [0.4, 0.5) is 0 Å². The van der Waals surface area contributed by atoms with Crippen LogP contribution in [0, 0.1) is 17.8 Å². The minimum atomic E-state index is 0.157. The molecule has 0 nitrogen and oxygen atoms in total. The van der Waals surface area contributed by atoms with Gasteiger partial charge in [0.2, 0.25) is 0 Å². The van der Waals surface area contributed by atoms with E-state index in [4.69, 9.17) is 6.58 Å². The number of aryl methyl sites for hydroxylation is 1. The molecule has 0 aromatic heterocycles. The molecule has 4 unspecified atom stereocenters. The summed E-state index contributed by atoms with van der Waals surface area (Å²) in [6, 6.07) is 18.5. The van der Waals surface area contributed by atoms with Crippen molar-refractivity contribution in [3.63, 3.8) is 0 Å². The van der Waals surface area contributed by atoms with Crippen molar-refractivity contribution in [2.75, 3.05) is 0 Å². The van der Waals surface area contributed by atoms with Crippen molar-refractivity contribution in [3.8, 4) is 0 Å². The summed E-state index contributed by atoms with van der Waals surface area (Å²) in [6.45, 7) is 23.2. The summed E-state index contributed by atoms with van der Waals surface area (Å²) in [4.78, 5) is 0. The SMILES string of the molecule is C=C1C(=CC2=CC=C(c3cccc(C(C)(C)C)c3)C2)CC2=CC(C)C(C(=C)CCC)C(c3ccc(CC)cc3)C12. The zero-order chi connectivity index (χ0) is 28.6.